The molecule has 0 bridgehead atoms. The molecule has 1 atom stereocenters. The Hall–Kier alpha value is -0.880. The van der Waals surface area contributed by atoms with Crippen LogP contribution in [-0.2, 0) is 23.8 Å². The predicted molar refractivity (Wildman–Crippen MR) is 58.3 cm³/mol. The molecule has 0 heterocycles. The first-order chi connectivity index (χ1) is 7.42. The molecular weight excluding hydrogens is 232 g/mol. The molecule has 0 saturated carbocycles. The monoisotopic (exact) mass is 248 g/mol. The lowest BCUT2D eigenvalue weighted by Gasteiger charge is -2.20. The van der Waals surface area contributed by atoms with Gasteiger partial charge >= 0.3 is 5.97 Å². The normalized spacial score (nSPS) is 21.4. The van der Waals surface area contributed by atoms with Crippen molar-refractivity contribution in [2.45, 2.75) is 32.3 Å². The van der Waals surface area contributed by atoms with Crippen molar-refractivity contribution in [3.8, 4) is 0 Å². The maximum absolute atomic E-state index is 11.4. The third kappa shape index (κ3) is 4.32. The van der Waals surface area contributed by atoms with Crippen LogP contribution in [0.4, 0.5) is 0 Å². The summed E-state index contributed by atoms with van der Waals surface area (Å²) >= 11 is 0. The fraction of sp³-hybridized carbons (Fsp3) is 0.700. The molecule has 1 aliphatic carbocycles. The third-order valence-corrected chi connectivity index (χ3v) is 2.80. The van der Waals surface area contributed by atoms with Crippen molar-refractivity contribution in [1.29, 1.82) is 0 Å². The van der Waals surface area contributed by atoms with E-state index in [0.29, 0.717) is 31.4 Å². The van der Waals surface area contributed by atoms with Crippen molar-refractivity contribution in [3.63, 3.8) is 0 Å². The Kier molecular flexibility index (Phi) is 4.49. The van der Waals surface area contributed by atoms with E-state index in [1.54, 1.807) is 13.0 Å². The molecule has 1 rings (SSSR count). The molecule has 0 spiro atoms. The third-order valence-electron chi connectivity index (χ3n) is 2.18. The lowest BCUT2D eigenvalue weighted by molar-refractivity contribution is -0.139. The average Bonchev–Trinajstić information content (AvgIpc) is 2.16. The van der Waals surface area contributed by atoms with Crippen molar-refractivity contribution in [3.05, 3.63) is 11.6 Å². The Morgan fingerprint density at radius 1 is 1.56 bits per heavy atom. The molecule has 6 heteroatoms. The van der Waals surface area contributed by atoms with Crippen LogP contribution in [0.1, 0.15) is 26.2 Å². The van der Waals surface area contributed by atoms with E-state index in [1.807, 2.05) is 0 Å². The van der Waals surface area contributed by atoms with Crippen LogP contribution in [-0.4, -0.2) is 33.4 Å². The Bertz CT molecular complexity index is 382. The van der Waals surface area contributed by atoms with E-state index < -0.39 is 16.2 Å². The van der Waals surface area contributed by atoms with Gasteiger partial charge in [0.25, 0.3) is 10.1 Å². The number of carbonyl (C=O) groups excluding carboxylic acids is 1. The molecule has 16 heavy (non-hydrogen) atoms. The summed E-state index contributed by atoms with van der Waals surface area (Å²) in [6.07, 6.45) is 3.88. The summed E-state index contributed by atoms with van der Waals surface area (Å²) in [6, 6.07) is 0. The van der Waals surface area contributed by atoms with Crippen LogP contribution in [0.3, 0.4) is 0 Å². The SMILES string of the molecule is CCOC(=O)C1=CCCC(OS(C)(=O)=O)C1. The average molecular weight is 248 g/mol. The van der Waals surface area contributed by atoms with Gasteiger partial charge in [-0.2, -0.15) is 8.42 Å². The highest BCUT2D eigenvalue weighted by Gasteiger charge is 2.24. The molecule has 0 aromatic rings. The number of allylic oxidation sites excluding steroid dienone is 1. The Morgan fingerprint density at radius 3 is 2.81 bits per heavy atom. The molecular formula is C10H16O5S. The zero-order valence-corrected chi connectivity index (χ0v) is 10.2. The molecule has 5 nitrogen and oxygen atoms in total. The van der Waals surface area contributed by atoms with Gasteiger partial charge in [0, 0.05) is 12.0 Å². The van der Waals surface area contributed by atoms with E-state index >= 15 is 0 Å². The van der Waals surface area contributed by atoms with Crippen molar-refractivity contribution in [2.75, 3.05) is 12.9 Å². The van der Waals surface area contributed by atoms with E-state index in [0.717, 1.165) is 6.26 Å². The molecule has 0 fully saturated rings. The van der Waals surface area contributed by atoms with Crippen LogP contribution in [0.15, 0.2) is 11.6 Å². The van der Waals surface area contributed by atoms with Gasteiger partial charge in [-0.15, -0.1) is 0 Å². The molecule has 0 aromatic heterocycles. The maximum atomic E-state index is 11.4. The molecule has 1 unspecified atom stereocenters. The van der Waals surface area contributed by atoms with Crippen LogP contribution in [0.25, 0.3) is 0 Å². The van der Waals surface area contributed by atoms with Crippen molar-refractivity contribution >= 4 is 16.1 Å². The Labute approximate surface area is 95.6 Å². The van der Waals surface area contributed by atoms with Crippen LogP contribution >= 0.6 is 0 Å². The zero-order chi connectivity index (χ0) is 12.2. The Morgan fingerprint density at radius 2 is 2.25 bits per heavy atom. The molecule has 92 valence electrons. The fourth-order valence-corrected chi connectivity index (χ4v) is 2.25. The molecule has 0 aromatic carbocycles. The Balaban J connectivity index is 2.59. The van der Waals surface area contributed by atoms with Gasteiger partial charge in [0.2, 0.25) is 0 Å². The first kappa shape index (κ1) is 13.2. The van der Waals surface area contributed by atoms with Gasteiger partial charge in [-0.25, -0.2) is 4.79 Å². The number of carbonyl (C=O) groups is 1. The zero-order valence-electron chi connectivity index (χ0n) is 9.43. The minimum absolute atomic E-state index is 0.298. The van der Waals surface area contributed by atoms with Crippen LogP contribution in [0.5, 0.6) is 0 Å². The molecule has 0 amide bonds. The summed E-state index contributed by atoms with van der Waals surface area (Å²) in [4.78, 5) is 11.4. The van der Waals surface area contributed by atoms with Crippen LogP contribution in [0.2, 0.25) is 0 Å². The van der Waals surface area contributed by atoms with Crippen LogP contribution in [0, 0.1) is 0 Å². The summed E-state index contributed by atoms with van der Waals surface area (Å²) in [6.45, 7) is 2.04. The van der Waals surface area contributed by atoms with E-state index in [-0.39, 0.29) is 5.97 Å². The first-order valence-corrected chi connectivity index (χ1v) is 6.98. The lowest BCUT2D eigenvalue weighted by atomic mass is 9.97. The molecule has 0 N–H and O–H groups in total. The van der Waals surface area contributed by atoms with Crippen LogP contribution < -0.4 is 0 Å². The second kappa shape index (κ2) is 5.45. The second-order valence-corrected chi connectivity index (χ2v) is 5.25. The highest BCUT2D eigenvalue weighted by atomic mass is 32.2. The standard InChI is InChI=1S/C10H16O5S/c1-3-14-10(11)8-5-4-6-9(7-8)15-16(2,12)13/h5,9H,3-4,6-7H2,1-2H3. The number of hydrogen-bond acceptors (Lipinski definition) is 5. The van der Waals surface area contributed by atoms with Crippen molar-refractivity contribution in [1.82, 2.24) is 0 Å². The minimum Gasteiger partial charge on any atom is -0.463 e. The topological polar surface area (TPSA) is 69.7 Å². The summed E-state index contributed by atoms with van der Waals surface area (Å²) < 4.78 is 31.6. The largest absolute Gasteiger partial charge is 0.463 e. The van der Waals surface area contributed by atoms with Crippen molar-refractivity contribution in [2.24, 2.45) is 0 Å². The molecule has 1 aliphatic rings. The van der Waals surface area contributed by atoms with Gasteiger partial charge in [0.15, 0.2) is 0 Å². The van der Waals surface area contributed by atoms with Gasteiger partial charge in [0.1, 0.15) is 0 Å². The van der Waals surface area contributed by atoms with E-state index in [1.165, 1.54) is 0 Å². The van der Waals surface area contributed by atoms with Gasteiger partial charge in [-0.1, -0.05) is 6.08 Å². The molecule has 0 radical (unpaired) electrons. The first-order valence-electron chi connectivity index (χ1n) is 5.16. The highest BCUT2D eigenvalue weighted by Crippen LogP contribution is 2.23. The number of rotatable bonds is 4. The van der Waals surface area contributed by atoms with E-state index in [2.05, 4.69) is 0 Å². The minimum atomic E-state index is -3.46. The van der Waals surface area contributed by atoms with E-state index in [9.17, 15) is 13.2 Å². The van der Waals surface area contributed by atoms with E-state index in [4.69, 9.17) is 8.92 Å². The van der Waals surface area contributed by atoms with Gasteiger partial charge in [-0.3, -0.25) is 4.18 Å². The van der Waals surface area contributed by atoms with Gasteiger partial charge < -0.3 is 4.74 Å². The number of esters is 1. The summed E-state index contributed by atoms with van der Waals surface area (Å²) in [7, 11) is -3.46. The molecule has 0 saturated heterocycles. The van der Waals surface area contributed by atoms with Gasteiger partial charge in [-0.05, 0) is 19.8 Å². The predicted octanol–water partition coefficient (Wildman–Crippen LogP) is 1.00. The van der Waals surface area contributed by atoms with Gasteiger partial charge in [0.05, 0.1) is 19.0 Å². The fourth-order valence-electron chi connectivity index (χ4n) is 1.59. The summed E-state index contributed by atoms with van der Waals surface area (Å²) in [5.74, 6) is -0.385. The lowest BCUT2D eigenvalue weighted by Crippen LogP contribution is -2.23. The molecule has 0 aliphatic heterocycles. The number of ether oxygens (including phenoxy) is 1. The highest BCUT2D eigenvalue weighted by molar-refractivity contribution is 7.86. The maximum Gasteiger partial charge on any atom is 0.333 e. The van der Waals surface area contributed by atoms with Crippen molar-refractivity contribution < 1.29 is 22.1 Å². The summed E-state index contributed by atoms with van der Waals surface area (Å²) in [5.41, 5.74) is 0.502. The smallest absolute Gasteiger partial charge is 0.333 e. The second-order valence-electron chi connectivity index (χ2n) is 3.65. The number of hydrogen-bond donors (Lipinski definition) is 0. The quantitative estimate of drug-likeness (QED) is 0.548. The summed E-state index contributed by atoms with van der Waals surface area (Å²) in [5, 5.41) is 0.